The van der Waals surface area contributed by atoms with Gasteiger partial charge in [-0.05, 0) is 138 Å². The van der Waals surface area contributed by atoms with Crippen LogP contribution in [-0.4, -0.2) is 0 Å². The number of rotatable bonds is 7. The molecule has 0 fully saturated rings. The van der Waals surface area contributed by atoms with Gasteiger partial charge in [-0.15, -0.1) is 0 Å². The summed E-state index contributed by atoms with van der Waals surface area (Å²) in [5.41, 5.74) is 24.7. The molecule has 13 rings (SSSR count). The molecule has 0 aliphatic heterocycles. The summed E-state index contributed by atoms with van der Waals surface area (Å²) in [7, 11) is 0. The molecule has 3 aliphatic carbocycles. The second-order valence-corrected chi connectivity index (χ2v) is 19.3. The van der Waals surface area contributed by atoms with E-state index in [-0.39, 0.29) is 10.8 Å². The first-order chi connectivity index (χ1) is 32.9. The molecule has 0 spiro atoms. The van der Waals surface area contributed by atoms with Gasteiger partial charge in [0.25, 0.3) is 0 Å². The van der Waals surface area contributed by atoms with Crippen LogP contribution in [0, 0.1) is 0 Å². The highest BCUT2D eigenvalue weighted by Crippen LogP contribution is 2.59. The molecule has 1 atom stereocenters. The number of anilines is 3. The van der Waals surface area contributed by atoms with Crippen LogP contribution in [0.4, 0.5) is 17.1 Å². The highest BCUT2D eigenvalue weighted by Gasteiger charge is 2.47. The summed E-state index contributed by atoms with van der Waals surface area (Å²) in [4.78, 5) is 2.48. The van der Waals surface area contributed by atoms with Crippen LogP contribution in [0.15, 0.2) is 243 Å². The zero-order valence-electron chi connectivity index (χ0n) is 38.0. The lowest BCUT2D eigenvalue weighted by Crippen LogP contribution is -2.28. The molecule has 0 radical (unpaired) electrons. The second-order valence-electron chi connectivity index (χ2n) is 19.3. The van der Waals surface area contributed by atoms with Crippen LogP contribution < -0.4 is 4.90 Å². The quantitative estimate of drug-likeness (QED) is 0.154. The molecule has 0 saturated heterocycles. The predicted molar refractivity (Wildman–Crippen MR) is 279 cm³/mol. The molecule has 0 saturated carbocycles. The molecule has 1 unspecified atom stereocenters. The summed E-state index contributed by atoms with van der Waals surface area (Å²) >= 11 is 0. The zero-order chi connectivity index (χ0) is 44.9. The van der Waals surface area contributed by atoms with E-state index in [1.165, 1.54) is 94.6 Å². The van der Waals surface area contributed by atoms with Gasteiger partial charge in [0.1, 0.15) is 0 Å². The molecule has 1 nitrogen and oxygen atoms in total. The SMILES string of the molecule is CC1(C)c2ccccc2-c2ccc(N(c3ccc(-c4cccc5c4-c4ccccc4C5(c4ccccc4)c4ccccc4)cc3)c3ccc4c(c3)C(C)(c3ccccc3)c3ccccc3-4)cc21. The minimum absolute atomic E-state index is 0.137. The van der Waals surface area contributed by atoms with Gasteiger partial charge in [-0.1, -0.05) is 220 Å². The fraction of sp³-hybridized carbons (Fsp3) is 0.0909. The molecule has 318 valence electrons. The van der Waals surface area contributed by atoms with Crippen LogP contribution in [0.1, 0.15) is 70.8 Å². The Labute approximate surface area is 394 Å². The third-order valence-electron chi connectivity index (χ3n) is 15.7. The van der Waals surface area contributed by atoms with Crippen LogP contribution in [0.2, 0.25) is 0 Å². The monoisotopic (exact) mass is 855 g/mol. The Bertz CT molecular complexity index is 3510. The lowest BCUT2D eigenvalue weighted by molar-refractivity contribution is 0.660. The number of hydrogen-bond acceptors (Lipinski definition) is 1. The van der Waals surface area contributed by atoms with E-state index >= 15 is 0 Å². The Morgan fingerprint density at radius 1 is 0.284 bits per heavy atom. The Balaban J connectivity index is 0.992. The average molecular weight is 856 g/mol. The average Bonchev–Trinajstić information content (AvgIpc) is 3.93. The molecule has 0 bridgehead atoms. The van der Waals surface area contributed by atoms with Gasteiger partial charge in [0.15, 0.2) is 0 Å². The van der Waals surface area contributed by atoms with Gasteiger partial charge >= 0.3 is 0 Å². The summed E-state index contributed by atoms with van der Waals surface area (Å²) in [5.74, 6) is 0. The van der Waals surface area contributed by atoms with Gasteiger partial charge in [0.2, 0.25) is 0 Å². The highest BCUT2D eigenvalue weighted by atomic mass is 15.1. The van der Waals surface area contributed by atoms with Gasteiger partial charge in [0.05, 0.1) is 5.41 Å². The smallest absolute Gasteiger partial charge is 0.0713 e. The van der Waals surface area contributed by atoms with Crippen molar-refractivity contribution in [2.75, 3.05) is 4.90 Å². The normalized spacial score (nSPS) is 16.3. The fourth-order valence-corrected chi connectivity index (χ4v) is 12.5. The first-order valence-electron chi connectivity index (χ1n) is 23.7. The van der Waals surface area contributed by atoms with Gasteiger partial charge in [0, 0.05) is 27.9 Å². The lowest BCUT2D eigenvalue weighted by atomic mass is 9.67. The summed E-state index contributed by atoms with van der Waals surface area (Å²) in [6.07, 6.45) is 0. The minimum Gasteiger partial charge on any atom is -0.310 e. The van der Waals surface area contributed by atoms with Crippen LogP contribution >= 0.6 is 0 Å². The van der Waals surface area contributed by atoms with Crippen molar-refractivity contribution in [3.63, 3.8) is 0 Å². The number of fused-ring (bicyclic) bond motifs is 9. The molecule has 0 heterocycles. The van der Waals surface area contributed by atoms with Gasteiger partial charge < -0.3 is 4.90 Å². The lowest BCUT2D eigenvalue weighted by Gasteiger charge is -2.34. The van der Waals surface area contributed by atoms with Crippen molar-refractivity contribution in [1.82, 2.24) is 0 Å². The van der Waals surface area contributed by atoms with E-state index in [4.69, 9.17) is 0 Å². The van der Waals surface area contributed by atoms with Crippen molar-refractivity contribution in [3.05, 3.63) is 293 Å². The Morgan fingerprint density at radius 2 is 0.716 bits per heavy atom. The molecule has 1 heteroatoms. The molecule has 0 amide bonds. The molecule has 10 aromatic rings. The molecular formula is C66H49N. The zero-order valence-corrected chi connectivity index (χ0v) is 38.0. The van der Waals surface area contributed by atoms with Crippen LogP contribution in [0.3, 0.4) is 0 Å². The van der Waals surface area contributed by atoms with Crippen molar-refractivity contribution in [3.8, 4) is 44.5 Å². The van der Waals surface area contributed by atoms with Crippen LogP contribution in [0.5, 0.6) is 0 Å². The van der Waals surface area contributed by atoms with Crippen molar-refractivity contribution < 1.29 is 0 Å². The third kappa shape index (κ3) is 5.55. The third-order valence-corrected chi connectivity index (χ3v) is 15.7. The Kier molecular flexibility index (Phi) is 8.67. The molecule has 67 heavy (non-hydrogen) atoms. The Hall–Kier alpha value is -8.00. The van der Waals surface area contributed by atoms with E-state index in [2.05, 4.69) is 268 Å². The van der Waals surface area contributed by atoms with Gasteiger partial charge in [-0.3, -0.25) is 0 Å². The van der Waals surface area contributed by atoms with Gasteiger partial charge in [-0.2, -0.15) is 0 Å². The first-order valence-corrected chi connectivity index (χ1v) is 23.7. The number of hydrogen-bond donors (Lipinski definition) is 0. The number of nitrogens with zero attached hydrogens (tertiary/aromatic N) is 1. The molecule has 10 aromatic carbocycles. The van der Waals surface area contributed by atoms with Crippen molar-refractivity contribution >= 4 is 17.1 Å². The maximum Gasteiger partial charge on any atom is 0.0713 e. The summed E-state index contributed by atoms with van der Waals surface area (Å²) in [5, 5.41) is 0. The second kappa shape index (κ2) is 14.8. The largest absolute Gasteiger partial charge is 0.310 e. The van der Waals surface area contributed by atoms with E-state index in [1.807, 2.05) is 0 Å². The van der Waals surface area contributed by atoms with E-state index < -0.39 is 5.41 Å². The molecular weight excluding hydrogens is 807 g/mol. The van der Waals surface area contributed by atoms with E-state index in [0.717, 1.165) is 17.1 Å². The molecule has 3 aliphatic rings. The standard InChI is InChI=1S/C66H49N/c1-64(2)57-30-16-13-26-52(57)54-40-38-49(42-61(54)64)67(50-39-41-55-53-27-14-17-31-58(53)65(3,62(55)43-50)45-20-7-4-8-21-45)48-36-34-44(35-37-48)51-29-19-33-60-63(51)56-28-15-18-32-59(56)66(60,46-22-9-5-10-23-46)47-24-11-6-12-25-47/h4-43H,1-3H3. The summed E-state index contributed by atoms with van der Waals surface area (Å²) in [6, 6.07) is 90.8. The first kappa shape index (κ1) is 39.4. The van der Waals surface area contributed by atoms with E-state index in [0.29, 0.717) is 0 Å². The van der Waals surface area contributed by atoms with E-state index in [1.54, 1.807) is 0 Å². The van der Waals surface area contributed by atoms with Crippen molar-refractivity contribution in [2.24, 2.45) is 0 Å². The fourth-order valence-electron chi connectivity index (χ4n) is 12.5. The predicted octanol–water partition coefficient (Wildman–Crippen LogP) is 16.8. The maximum atomic E-state index is 2.48. The van der Waals surface area contributed by atoms with E-state index in [9.17, 15) is 0 Å². The van der Waals surface area contributed by atoms with Crippen molar-refractivity contribution in [1.29, 1.82) is 0 Å². The maximum absolute atomic E-state index is 2.48. The molecule has 0 N–H and O–H groups in total. The van der Waals surface area contributed by atoms with Crippen LogP contribution in [-0.2, 0) is 16.2 Å². The Morgan fingerprint density at radius 3 is 1.34 bits per heavy atom. The topological polar surface area (TPSA) is 3.24 Å². The van der Waals surface area contributed by atoms with Crippen molar-refractivity contribution in [2.45, 2.75) is 37.0 Å². The molecule has 0 aromatic heterocycles. The highest BCUT2D eigenvalue weighted by molar-refractivity contribution is 5.96. The number of benzene rings is 10. The minimum atomic E-state index is -0.455. The summed E-state index contributed by atoms with van der Waals surface area (Å²) < 4.78 is 0. The summed E-state index contributed by atoms with van der Waals surface area (Å²) in [6.45, 7) is 7.16. The van der Waals surface area contributed by atoms with Crippen LogP contribution in [0.25, 0.3) is 44.5 Å². The van der Waals surface area contributed by atoms with Gasteiger partial charge in [-0.25, -0.2) is 0 Å².